The molecule has 0 radical (unpaired) electrons. The number of hydrogen-bond donors (Lipinski definition) is 0. The number of non-ortho nitro benzene ring substituents is 1. The van der Waals surface area contributed by atoms with Crippen molar-refractivity contribution in [2.24, 2.45) is 0 Å². The van der Waals surface area contributed by atoms with E-state index in [1.165, 1.54) is 12.1 Å². The molecule has 0 aliphatic rings. The van der Waals surface area contributed by atoms with E-state index in [0.717, 1.165) is 21.9 Å². The first kappa shape index (κ1) is 21.1. The van der Waals surface area contributed by atoms with Gasteiger partial charge < -0.3 is 4.74 Å². The van der Waals surface area contributed by atoms with Gasteiger partial charge >= 0.3 is 0 Å². The van der Waals surface area contributed by atoms with Crippen molar-refractivity contribution in [3.05, 3.63) is 117 Å². The van der Waals surface area contributed by atoms with Crippen molar-refractivity contribution in [2.75, 3.05) is 0 Å². The lowest BCUT2D eigenvalue weighted by atomic mass is 9.98. The summed E-state index contributed by atoms with van der Waals surface area (Å²) in [6, 6.07) is 27.3. The molecule has 0 saturated heterocycles. The molecule has 0 spiro atoms. The Bertz CT molecular complexity index is 1370. The van der Waals surface area contributed by atoms with E-state index in [0.29, 0.717) is 21.9 Å². The number of rotatable bonds is 6. The van der Waals surface area contributed by atoms with Gasteiger partial charge in [0.05, 0.1) is 16.6 Å². The van der Waals surface area contributed by atoms with Crippen LogP contribution in [0.1, 0.15) is 16.7 Å². The number of fused-ring (bicyclic) bond motifs is 1. The molecule has 0 bridgehead atoms. The number of ether oxygens (including phenoxy) is 1. The van der Waals surface area contributed by atoms with Gasteiger partial charge in [0, 0.05) is 28.3 Å². The number of halogens is 1. The Labute approximate surface area is 189 Å². The molecule has 0 heterocycles. The number of nitro benzene ring substituents is 1. The molecule has 4 aromatic carbocycles. The molecular weight excluding hydrogens is 424 g/mol. The van der Waals surface area contributed by atoms with Crippen LogP contribution in [0.5, 0.6) is 5.75 Å². The average Bonchev–Trinajstić information content (AvgIpc) is 2.82. The number of allylic oxidation sites excluding steroid dienone is 1. The molecule has 0 N–H and O–H groups in total. The van der Waals surface area contributed by atoms with Crippen molar-refractivity contribution in [3.8, 4) is 11.8 Å². The average molecular weight is 441 g/mol. The molecular formula is C26H17ClN2O3. The highest BCUT2D eigenvalue weighted by Gasteiger charge is 2.12. The minimum atomic E-state index is -0.467. The number of nitro groups is 1. The van der Waals surface area contributed by atoms with E-state index < -0.39 is 4.92 Å². The van der Waals surface area contributed by atoms with Gasteiger partial charge in [0.1, 0.15) is 12.4 Å². The monoisotopic (exact) mass is 440 g/mol. The van der Waals surface area contributed by atoms with Gasteiger partial charge in [-0.25, -0.2) is 0 Å². The highest BCUT2D eigenvalue weighted by atomic mass is 35.5. The molecule has 0 aromatic heterocycles. The first-order valence-electron chi connectivity index (χ1n) is 9.81. The molecule has 5 nitrogen and oxygen atoms in total. The Morgan fingerprint density at radius 3 is 2.44 bits per heavy atom. The van der Waals surface area contributed by atoms with Gasteiger partial charge in [-0.15, -0.1) is 0 Å². The number of hydrogen-bond acceptors (Lipinski definition) is 4. The van der Waals surface area contributed by atoms with Crippen LogP contribution in [0, 0.1) is 21.4 Å². The van der Waals surface area contributed by atoms with E-state index in [2.05, 4.69) is 6.07 Å². The molecule has 32 heavy (non-hydrogen) atoms. The summed E-state index contributed by atoms with van der Waals surface area (Å²) in [6.07, 6.45) is 1.76. The van der Waals surface area contributed by atoms with Gasteiger partial charge in [0.15, 0.2) is 0 Å². The quantitative estimate of drug-likeness (QED) is 0.139. The molecule has 0 aliphatic carbocycles. The molecule has 4 rings (SSSR count). The van der Waals surface area contributed by atoms with Gasteiger partial charge in [-0.2, -0.15) is 5.26 Å². The van der Waals surface area contributed by atoms with Gasteiger partial charge in [-0.1, -0.05) is 60.1 Å². The lowest BCUT2D eigenvalue weighted by Gasteiger charge is -2.13. The predicted octanol–water partition coefficient (Wildman–Crippen LogP) is 7.04. The van der Waals surface area contributed by atoms with Crippen LogP contribution < -0.4 is 4.74 Å². The third kappa shape index (κ3) is 4.46. The van der Waals surface area contributed by atoms with Crippen molar-refractivity contribution in [2.45, 2.75) is 6.61 Å². The van der Waals surface area contributed by atoms with Crippen LogP contribution in [0.3, 0.4) is 0 Å². The first-order valence-corrected chi connectivity index (χ1v) is 10.2. The summed E-state index contributed by atoms with van der Waals surface area (Å²) < 4.78 is 6.12. The topological polar surface area (TPSA) is 76.2 Å². The minimum Gasteiger partial charge on any atom is -0.488 e. The third-order valence-corrected chi connectivity index (χ3v) is 5.44. The zero-order chi connectivity index (χ0) is 22.5. The molecule has 0 amide bonds. The van der Waals surface area contributed by atoms with E-state index in [1.54, 1.807) is 18.2 Å². The SMILES string of the molecule is N#C/C(=C/c1c(OCc2ccccc2Cl)ccc2ccccc12)c1ccc([N+](=O)[O-])cc1. The zero-order valence-electron chi connectivity index (χ0n) is 16.9. The maximum Gasteiger partial charge on any atom is 0.269 e. The molecule has 0 fully saturated rings. The summed E-state index contributed by atoms with van der Waals surface area (Å²) in [4.78, 5) is 10.5. The van der Waals surface area contributed by atoms with Crippen LogP contribution in [0.15, 0.2) is 84.9 Å². The normalized spacial score (nSPS) is 11.2. The summed E-state index contributed by atoms with van der Waals surface area (Å²) in [7, 11) is 0. The fraction of sp³-hybridized carbons (Fsp3) is 0.0385. The molecule has 156 valence electrons. The molecule has 4 aromatic rings. The molecule has 0 atom stereocenters. The van der Waals surface area contributed by atoms with Gasteiger partial charge in [-0.05, 0) is 46.7 Å². The van der Waals surface area contributed by atoms with Crippen LogP contribution in [0.4, 0.5) is 5.69 Å². The molecule has 0 saturated carbocycles. The van der Waals surface area contributed by atoms with E-state index in [9.17, 15) is 15.4 Å². The minimum absolute atomic E-state index is 0.0278. The lowest BCUT2D eigenvalue weighted by Crippen LogP contribution is -1.98. The second-order valence-electron chi connectivity index (χ2n) is 7.05. The highest BCUT2D eigenvalue weighted by molar-refractivity contribution is 6.31. The summed E-state index contributed by atoms with van der Waals surface area (Å²) in [5.41, 5.74) is 2.54. The zero-order valence-corrected chi connectivity index (χ0v) is 17.6. The number of nitriles is 1. The van der Waals surface area contributed by atoms with Crippen LogP contribution in [-0.2, 0) is 6.61 Å². The van der Waals surface area contributed by atoms with Crippen LogP contribution in [0.2, 0.25) is 5.02 Å². The van der Waals surface area contributed by atoms with Gasteiger partial charge in [0.25, 0.3) is 5.69 Å². The van der Waals surface area contributed by atoms with Crippen molar-refractivity contribution >= 4 is 39.7 Å². The molecule has 6 heteroatoms. The van der Waals surface area contributed by atoms with Crippen LogP contribution in [-0.4, -0.2) is 4.92 Å². The predicted molar refractivity (Wildman–Crippen MR) is 126 cm³/mol. The van der Waals surface area contributed by atoms with Crippen LogP contribution in [0.25, 0.3) is 22.4 Å². The first-order chi connectivity index (χ1) is 15.6. The fourth-order valence-electron chi connectivity index (χ4n) is 3.41. The second-order valence-corrected chi connectivity index (χ2v) is 7.46. The Morgan fingerprint density at radius 1 is 1.00 bits per heavy atom. The highest BCUT2D eigenvalue weighted by Crippen LogP contribution is 2.33. The smallest absolute Gasteiger partial charge is 0.269 e. The Kier molecular flexibility index (Phi) is 6.16. The molecule has 0 aliphatic heterocycles. The van der Waals surface area contributed by atoms with E-state index in [4.69, 9.17) is 16.3 Å². The van der Waals surface area contributed by atoms with Crippen LogP contribution >= 0.6 is 11.6 Å². The van der Waals surface area contributed by atoms with Crippen molar-refractivity contribution in [1.82, 2.24) is 0 Å². The largest absolute Gasteiger partial charge is 0.488 e. The van der Waals surface area contributed by atoms with Gasteiger partial charge in [0.2, 0.25) is 0 Å². The fourth-order valence-corrected chi connectivity index (χ4v) is 3.60. The van der Waals surface area contributed by atoms with Crippen molar-refractivity contribution in [1.29, 1.82) is 5.26 Å². The third-order valence-electron chi connectivity index (χ3n) is 5.07. The maximum atomic E-state index is 10.9. The van der Waals surface area contributed by atoms with E-state index >= 15 is 0 Å². The maximum absolute atomic E-state index is 10.9. The Morgan fingerprint density at radius 2 is 1.72 bits per heavy atom. The van der Waals surface area contributed by atoms with Gasteiger partial charge in [-0.3, -0.25) is 10.1 Å². The van der Waals surface area contributed by atoms with E-state index in [1.807, 2.05) is 60.7 Å². The summed E-state index contributed by atoms with van der Waals surface area (Å²) in [5, 5.41) is 23.3. The standard InChI is InChI=1S/C26H17ClN2O3/c27-25-8-4-2-6-20(25)17-32-26-14-11-19-5-1-3-7-23(19)24(26)15-21(16-28)18-9-12-22(13-10-18)29(30)31/h1-15H,17H2/b21-15-. The second kappa shape index (κ2) is 9.34. The number of nitrogens with zero attached hydrogens (tertiary/aromatic N) is 2. The Balaban J connectivity index is 1.78. The lowest BCUT2D eigenvalue weighted by molar-refractivity contribution is -0.384. The van der Waals surface area contributed by atoms with Crippen molar-refractivity contribution < 1.29 is 9.66 Å². The summed E-state index contributed by atoms with van der Waals surface area (Å²) in [6.45, 7) is 0.276. The van der Waals surface area contributed by atoms with E-state index in [-0.39, 0.29) is 12.3 Å². The Hall–Kier alpha value is -4.14. The van der Waals surface area contributed by atoms with Crippen molar-refractivity contribution in [3.63, 3.8) is 0 Å². The number of benzene rings is 4. The summed E-state index contributed by atoms with van der Waals surface area (Å²) in [5.74, 6) is 0.610. The molecule has 0 unspecified atom stereocenters. The summed E-state index contributed by atoms with van der Waals surface area (Å²) >= 11 is 6.26.